The molecule has 31 heavy (non-hydrogen) atoms. The van der Waals surface area contributed by atoms with Crippen LogP contribution in [0.25, 0.3) is 11.0 Å². The summed E-state index contributed by atoms with van der Waals surface area (Å²) in [6.45, 7) is 9.39. The van der Waals surface area contributed by atoms with Crippen molar-refractivity contribution in [2.75, 3.05) is 18.5 Å². The Labute approximate surface area is 184 Å². The molecule has 2 heterocycles. The van der Waals surface area contributed by atoms with E-state index >= 15 is 0 Å². The van der Waals surface area contributed by atoms with Gasteiger partial charge in [-0.25, -0.2) is 9.59 Å². The summed E-state index contributed by atoms with van der Waals surface area (Å²) in [7, 11) is 0. The van der Waals surface area contributed by atoms with Gasteiger partial charge in [0.2, 0.25) is 5.91 Å². The largest absolute Gasteiger partial charge is 0.464 e. The first-order valence-electron chi connectivity index (χ1n) is 10.0. The molecule has 0 saturated heterocycles. The van der Waals surface area contributed by atoms with E-state index in [0.717, 1.165) is 39.0 Å². The van der Waals surface area contributed by atoms with Crippen LogP contribution in [-0.2, 0) is 20.7 Å². The maximum atomic E-state index is 12.8. The molecule has 164 valence electrons. The van der Waals surface area contributed by atoms with Gasteiger partial charge in [-0.15, -0.1) is 11.3 Å². The number of rotatable bonds is 7. The fraction of sp³-hybridized carbons (Fsp3) is 0.348. The van der Waals surface area contributed by atoms with Crippen LogP contribution >= 0.6 is 11.3 Å². The van der Waals surface area contributed by atoms with Gasteiger partial charge in [0.25, 0.3) is 0 Å². The molecule has 1 amide bonds. The highest BCUT2D eigenvalue weighted by atomic mass is 32.1. The Balaban J connectivity index is 1.90. The second-order valence-electron chi connectivity index (χ2n) is 7.07. The Morgan fingerprint density at radius 2 is 1.68 bits per heavy atom. The number of anilines is 1. The molecule has 0 radical (unpaired) electrons. The normalized spacial score (nSPS) is 10.9. The molecular formula is C23H25NO6S. The Morgan fingerprint density at radius 3 is 2.35 bits per heavy atom. The predicted molar refractivity (Wildman–Crippen MR) is 119 cm³/mol. The fourth-order valence-electron chi connectivity index (χ4n) is 3.31. The Bertz CT molecular complexity index is 1160. The lowest BCUT2D eigenvalue weighted by Crippen LogP contribution is -2.16. The van der Waals surface area contributed by atoms with Crippen molar-refractivity contribution in [1.82, 2.24) is 0 Å². The van der Waals surface area contributed by atoms with Gasteiger partial charge in [0, 0.05) is 10.9 Å². The summed E-state index contributed by atoms with van der Waals surface area (Å²) >= 11 is 1.01. The first-order chi connectivity index (χ1) is 14.8. The lowest BCUT2D eigenvalue weighted by molar-refractivity contribution is -0.115. The molecule has 0 atom stereocenters. The first-order valence-corrected chi connectivity index (χ1v) is 10.8. The highest BCUT2D eigenvalue weighted by Crippen LogP contribution is 2.35. The number of furan rings is 1. The Kier molecular flexibility index (Phi) is 6.80. The summed E-state index contributed by atoms with van der Waals surface area (Å²) in [6.07, 6.45) is 1.64. The molecule has 1 aromatic carbocycles. The van der Waals surface area contributed by atoms with Crippen molar-refractivity contribution in [2.45, 2.75) is 41.0 Å². The zero-order valence-electron chi connectivity index (χ0n) is 18.2. The standard InChI is InChI=1S/C23H25NO6S/c1-6-28-22(26)18-14(5)20(23(27)29-7-2)31-21(18)24-17(25)10-15-11-30-19-13(4)12(3)8-9-16(15)19/h8-9,11H,6-7,10H2,1-5H3,(H,24,25). The van der Waals surface area contributed by atoms with Crippen LogP contribution in [0.2, 0.25) is 0 Å². The van der Waals surface area contributed by atoms with Crippen LogP contribution in [0.4, 0.5) is 5.00 Å². The van der Waals surface area contributed by atoms with E-state index in [1.807, 2.05) is 26.0 Å². The van der Waals surface area contributed by atoms with Gasteiger partial charge in [-0.05, 0) is 51.3 Å². The van der Waals surface area contributed by atoms with Crippen LogP contribution in [0.5, 0.6) is 0 Å². The number of ether oxygens (including phenoxy) is 2. The van der Waals surface area contributed by atoms with Gasteiger partial charge in [0.1, 0.15) is 15.5 Å². The van der Waals surface area contributed by atoms with E-state index in [0.29, 0.717) is 5.56 Å². The number of hydrogen-bond acceptors (Lipinski definition) is 7. The van der Waals surface area contributed by atoms with Crippen molar-refractivity contribution >= 4 is 45.2 Å². The van der Waals surface area contributed by atoms with E-state index in [2.05, 4.69) is 5.32 Å². The average molecular weight is 444 g/mol. The highest BCUT2D eigenvalue weighted by Gasteiger charge is 2.27. The summed E-state index contributed by atoms with van der Waals surface area (Å²) < 4.78 is 15.9. The van der Waals surface area contributed by atoms with Crippen LogP contribution in [0.1, 0.15) is 56.1 Å². The lowest BCUT2D eigenvalue weighted by Gasteiger charge is -2.07. The molecule has 0 aliphatic rings. The Hall–Kier alpha value is -3.13. The number of hydrogen-bond donors (Lipinski definition) is 1. The van der Waals surface area contributed by atoms with Gasteiger partial charge in [-0.2, -0.15) is 0 Å². The van der Waals surface area contributed by atoms with Crippen molar-refractivity contribution < 1.29 is 28.3 Å². The number of nitrogens with one attached hydrogen (secondary N) is 1. The molecule has 1 N–H and O–H groups in total. The molecule has 3 rings (SSSR count). The maximum Gasteiger partial charge on any atom is 0.348 e. The molecule has 2 aromatic heterocycles. The highest BCUT2D eigenvalue weighted by molar-refractivity contribution is 7.18. The first kappa shape index (κ1) is 22.6. The monoisotopic (exact) mass is 443 g/mol. The smallest absolute Gasteiger partial charge is 0.348 e. The molecule has 0 saturated carbocycles. The fourth-order valence-corrected chi connectivity index (χ4v) is 4.42. The van der Waals surface area contributed by atoms with Gasteiger partial charge >= 0.3 is 11.9 Å². The molecule has 0 aliphatic carbocycles. The van der Waals surface area contributed by atoms with E-state index < -0.39 is 11.9 Å². The van der Waals surface area contributed by atoms with Gasteiger partial charge in [-0.1, -0.05) is 12.1 Å². The molecule has 0 aliphatic heterocycles. The minimum Gasteiger partial charge on any atom is -0.464 e. The Morgan fingerprint density at radius 1 is 1.00 bits per heavy atom. The number of benzene rings is 1. The third-order valence-corrected chi connectivity index (χ3v) is 6.22. The number of esters is 2. The summed E-state index contributed by atoms with van der Waals surface area (Å²) in [6, 6.07) is 3.92. The zero-order chi connectivity index (χ0) is 22.7. The number of amides is 1. The van der Waals surface area contributed by atoms with Crippen molar-refractivity contribution in [3.05, 3.63) is 51.1 Å². The third kappa shape index (κ3) is 4.49. The summed E-state index contributed by atoms with van der Waals surface area (Å²) in [5.74, 6) is -1.46. The van der Waals surface area contributed by atoms with Crippen LogP contribution in [-0.4, -0.2) is 31.1 Å². The third-order valence-electron chi connectivity index (χ3n) is 5.03. The average Bonchev–Trinajstić information content (AvgIpc) is 3.26. The molecule has 0 spiro atoms. The van der Waals surface area contributed by atoms with E-state index in [4.69, 9.17) is 13.9 Å². The van der Waals surface area contributed by atoms with Gasteiger partial charge in [-0.3, -0.25) is 4.79 Å². The molecule has 0 fully saturated rings. The maximum absolute atomic E-state index is 12.8. The number of thiophene rings is 1. The van der Waals surface area contributed by atoms with Gasteiger partial charge in [0.15, 0.2) is 0 Å². The van der Waals surface area contributed by atoms with Crippen LogP contribution in [0, 0.1) is 20.8 Å². The van der Waals surface area contributed by atoms with E-state index in [9.17, 15) is 14.4 Å². The van der Waals surface area contributed by atoms with Crippen molar-refractivity contribution in [2.24, 2.45) is 0 Å². The van der Waals surface area contributed by atoms with Crippen molar-refractivity contribution in [3.8, 4) is 0 Å². The summed E-state index contributed by atoms with van der Waals surface area (Å²) in [5.41, 5.74) is 4.24. The van der Waals surface area contributed by atoms with Crippen LogP contribution in [0.15, 0.2) is 22.8 Å². The SMILES string of the molecule is CCOC(=O)c1sc(NC(=O)Cc2coc3c(C)c(C)ccc23)c(C(=O)OCC)c1C. The summed E-state index contributed by atoms with van der Waals surface area (Å²) in [5, 5.41) is 3.91. The zero-order valence-corrected chi connectivity index (χ0v) is 19.0. The van der Waals surface area contributed by atoms with Crippen LogP contribution in [0.3, 0.4) is 0 Å². The van der Waals surface area contributed by atoms with E-state index in [-0.39, 0.29) is 41.0 Å². The second kappa shape index (κ2) is 9.34. The number of carbonyl (C=O) groups is 3. The minimum absolute atomic E-state index is 0.0590. The van der Waals surface area contributed by atoms with E-state index in [1.54, 1.807) is 27.0 Å². The number of carbonyl (C=O) groups excluding carboxylic acids is 3. The van der Waals surface area contributed by atoms with Gasteiger partial charge in [0.05, 0.1) is 31.5 Å². The van der Waals surface area contributed by atoms with Crippen molar-refractivity contribution in [3.63, 3.8) is 0 Å². The molecule has 8 heteroatoms. The second-order valence-corrected chi connectivity index (χ2v) is 8.09. The molecule has 0 bridgehead atoms. The number of aryl methyl sites for hydroxylation is 2. The van der Waals surface area contributed by atoms with E-state index in [1.165, 1.54) is 0 Å². The summed E-state index contributed by atoms with van der Waals surface area (Å²) in [4.78, 5) is 37.8. The van der Waals surface area contributed by atoms with Gasteiger partial charge < -0.3 is 19.2 Å². The molecule has 7 nitrogen and oxygen atoms in total. The van der Waals surface area contributed by atoms with Crippen LogP contribution < -0.4 is 5.32 Å². The molecule has 3 aromatic rings. The minimum atomic E-state index is -0.595. The lowest BCUT2D eigenvalue weighted by atomic mass is 10.0. The van der Waals surface area contributed by atoms with Crippen molar-refractivity contribution in [1.29, 1.82) is 0 Å². The predicted octanol–water partition coefficient (Wildman–Crippen LogP) is 4.95. The number of fused-ring (bicyclic) bond motifs is 1. The molecular weight excluding hydrogens is 418 g/mol. The molecule has 0 unspecified atom stereocenters. The quantitative estimate of drug-likeness (QED) is 0.519. The topological polar surface area (TPSA) is 94.8 Å².